The van der Waals surface area contributed by atoms with Crippen LogP contribution >= 0.6 is 0 Å². The monoisotopic (exact) mass is 236 g/mol. The van der Waals surface area contributed by atoms with Crippen LogP contribution in [0.3, 0.4) is 0 Å². The van der Waals surface area contributed by atoms with E-state index in [1.54, 1.807) is 4.90 Å². The number of carbonyl (C=O) groups is 1. The van der Waals surface area contributed by atoms with Gasteiger partial charge in [0.1, 0.15) is 0 Å². The number of amides is 1. The van der Waals surface area contributed by atoms with E-state index in [0.717, 1.165) is 23.6 Å². The Morgan fingerprint density at radius 1 is 1.35 bits per heavy atom. The summed E-state index contributed by atoms with van der Waals surface area (Å²) in [5.41, 5.74) is 6.04. The lowest BCUT2D eigenvalue weighted by molar-refractivity contribution is -0.116. The number of ether oxygens (including phenoxy) is 2. The quantitative estimate of drug-likeness (QED) is 0.842. The Labute approximate surface area is 100 Å². The average molecular weight is 236 g/mol. The highest BCUT2D eigenvalue weighted by atomic mass is 16.5. The van der Waals surface area contributed by atoms with Crippen LogP contribution in [0.25, 0.3) is 0 Å². The normalized spacial score (nSPS) is 13.9. The predicted octanol–water partition coefficient (Wildman–Crippen LogP) is 0.769. The second kappa shape index (κ2) is 4.95. The highest BCUT2D eigenvalue weighted by Gasteiger charge is 2.12. The highest BCUT2D eigenvalue weighted by Crippen LogP contribution is 2.33. The van der Waals surface area contributed by atoms with Crippen LogP contribution in [0.4, 0.5) is 5.69 Å². The van der Waals surface area contributed by atoms with Crippen molar-refractivity contribution < 1.29 is 14.3 Å². The van der Waals surface area contributed by atoms with Gasteiger partial charge in [0.25, 0.3) is 0 Å². The maximum atomic E-state index is 10.9. The summed E-state index contributed by atoms with van der Waals surface area (Å²) in [6.45, 7) is 1.50. The largest absolute Gasteiger partial charge is 0.490 e. The molecule has 1 aliphatic rings. The first kappa shape index (κ1) is 11.6. The van der Waals surface area contributed by atoms with Crippen LogP contribution in [0.1, 0.15) is 6.42 Å². The fraction of sp³-hybridized carbons (Fsp3) is 0.417. The van der Waals surface area contributed by atoms with E-state index in [0.29, 0.717) is 13.2 Å². The molecule has 5 heteroatoms. The molecule has 1 heterocycles. The molecule has 1 amide bonds. The van der Waals surface area contributed by atoms with Crippen LogP contribution in [-0.2, 0) is 4.79 Å². The summed E-state index contributed by atoms with van der Waals surface area (Å²) in [4.78, 5) is 12.6. The van der Waals surface area contributed by atoms with Gasteiger partial charge in [-0.3, -0.25) is 4.79 Å². The third-order valence-electron chi connectivity index (χ3n) is 2.56. The molecule has 0 saturated heterocycles. The number of likely N-dealkylation sites (N-methyl/N-ethyl adjacent to an activating group) is 1. The number of nitrogens with two attached hydrogens (primary N) is 1. The lowest BCUT2D eigenvalue weighted by Gasteiger charge is -2.18. The first-order valence-corrected chi connectivity index (χ1v) is 5.56. The maximum absolute atomic E-state index is 10.9. The van der Waals surface area contributed by atoms with Crippen molar-refractivity contribution in [1.29, 1.82) is 0 Å². The predicted molar refractivity (Wildman–Crippen MR) is 64.5 cm³/mol. The molecule has 0 bridgehead atoms. The van der Waals surface area contributed by atoms with Crippen molar-refractivity contribution >= 4 is 11.6 Å². The van der Waals surface area contributed by atoms with Crippen LogP contribution in [0.2, 0.25) is 0 Å². The first-order chi connectivity index (χ1) is 8.16. The minimum absolute atomic E-state index is 0.180. The van der Waals surface area contributed by atoms with Crippen molar-refractivity contribution in [2.45, 2.75) is 6.42 Å². The lowest BCUT2D eigenvalue weighted by Crippen LogP contribution is -2.30. The molecule has 0 aromatic heterocycles. The second-order valence-corrected chi connectivity index (χ2v) is 4.00. The number of hydrogen-bond donors (Lipinski definition) is 1. The molecule has 2 N–H and O–H groups in total. The molecule has 0 atom stereocenters. The molecule has 1 aliphatic heterocycles. The summed E-state index contributed by atoms with van der Waals surface area (Å²) >= 11 is 0. The standard InChI is InChI=1S/C12H16N2O3/c1-14(8-12(13)15)9-3-4-10-11(7-9)17-6-2-5-16-10/h3-4,7H,2,5-6,8H2,1H3,(H2,13,15). The van der Waals surface area contributed by atoms with Gasteiger partial charge in [-0.1, -0.05) is 0 Å². The molecular formula is C12H16N2O3. The number of hydrogen-bond acceptors (Lipinski definition) is 4. The average Bonchev–Trinajstić information content (AvgIpc) is 2.51. The Hall–Kier alpha value is -1.91. The summed E-state index contributed by atoms with van der Waals surface area (Å²) in [6.07, 6.45) is 0.876. The van der Waals surface area contributed by atoms with Crippen LogP contribution in [0.5, 0.6) is 11.5 Å². The smallest absolute Gasteiger partial charge is 0.236 e. The number of nitrogens with zero attached hydrogens (tertiary/aromatic N) is 1. The van der Waals surface area contributed by atoms with Crippen LogP contribution in [-0.4, -0.2) is 32.7 Å². The van der Waals surface area contributed by atoms with Crippen LogP contribution < -0.4 is 20.1 Å². The number of anilines is 1. The van der Waals surface area contributed by atoms with Gasteiger partial charge in [-0.25, -0.2) is 0 Å². The van der Waals surface area contributed by atoms with Gasteiger partial charge in [0, 0.05) is 25.2 Å². The molecule has 0 radical (unpaired) electrons. The van der Waals surface area contributed by atoms with E-state index in [2.05, 4.69) is 0 Å². The summed E-state index contributed by atoms with van der Waals surface area (Å²) in [5.74, 6) is 1.11. The van der Waals surface area contributed by atoms with Gasteiger partial charge < -0.3 is 20.1 Å². The maximum Gasteiger partial charge on any atom is 0.236 e. The van der Waals surface area contributed by atoms with Crippen LogP contribution in [0, 0.1) is 0 Å². The Kier molecular flexibility index (Phi) is 3.37. The fourth-order valence-corrected chi connectivity index (χ4v) is 1.71. The molecule has 0 saturated carbocycles. The Morgan fingerprint density at radius 2 is 2.06 bits per heavy atom. The van der Waals surface area contributed by atoms with Gasteiger partial charge in [-0.2, -0.15) is 0 Å². The van der Waals surface area contributed by atoms with Crippen molar-refractivity contribution in [3.63, 3.8) is 0 Å². The van der Waals surface area contributed by atoms with Crippen molar-refractivity contribution in [2.75, 3.05) is 31.7 Å². The molecule has 92 valence electrons. The Morgan fingerprint density at radius 3 is 2.76 bits per heavy atom. The minimum Gasteiger partial charge on any atom is -0.490 e. The molecule has 2 rings (SSSR count). The zero-order valence-corrected chi connectivity index (χ0v) is 9.81. The topological polar surface area (TPSA) is 64.8 Å². The van der Waals surface area contributed by atoms with Crippen LogP contribution in [0.15, 0.2) is 18.2 Å². The number of carbonyl (C=O) groups excluding carboxylic acids is 1. The molecule has 5 nitrogen and oxygen atoms in total. The third-order valence-corrected chi connectivity index (χ3v) is 2.56. The van der Waals surface area contributed by atoms with Gasteiger partial charge >= 0.3 is 0 Å². The van der Waals surface area contributed by atoms with E-state index in [-0.39, 0.29) is 12.5 Å². The molecule has 0 aliphatic carbocycles. The summed E-state index contributed by atoms with van der Waals surface area (Å²) in [6, 6.07) is 5.60. The molecule has 1 aromatic carbocycles. The van der Waals surface area contributed by atoms with Crippen molar-refractivity contribution in [1.82, 2.24) is 0 Å². The zero-order chi connectivity index (χ0) is 12.3. The van der Waals surface area contributed by atoms with Crippen molar-refractivity contribution in [2.24, 2.45) is 5.73 Å². The first-order valence-electron chi connectivity index (χ1n) is 5.56. The number of benzene rings is 1. The van der Waals surface area contributed by atoms with Gasteiger partial charge in [-0.15, -0.1) is 0 Å². The highest BCUT2D eigenvalue weighted by molar-refractivity contribution is 5.79. The third kappa shape index (κ3) is 2.81. The van der Waals surface area contributed by atoms with E-state index in [1.807, 2.05) is 25.2 Å². The SMILES string of the molecule is CN(CC(N)=O)c1ccc2c(c1)OCCCO2. The van der Waals surface area contributed by atoms with E-state index in [9.17, 15) is 4.79 Å². The van der Waals surface area contributed by atoms with Gasteiger partial charge in [-0.05, 0) is 12.1 Å². The fourth-order valence-electron chi connectivity index (χ4n) is 1.71. The second-order valence-electron chi connectivity index (χ2n) is 4.00. The molecule has 17 heavy (non-hydrogen) atoms. The summed E-state index contributed by atoms with van der Waals surface area (Å²) < 4.78 is 11.1. The number of rotatable bonds is 3. The van der Waals surface area contributed by atoms with Gasteiger partial charge in [0.15, 0.2) is 11.5 Å². The molecule has 0 unspecified atom stereocenters. The van der Waals surface area contributed by atoms with Gasteiger partial charge in [0.2, 0.25) is 5.91 Å². The van der Waals surface area contributed by atoms with E-state index >= 15 is 0 Å². The minimum atomic E-state index is -0.361. The lowest BCUT2D eigenvalue weighted by atomic mass is 10.2. The Balaban J connectivity index is 2.20. The van der Waals surface area contributed by atoms with E-state index in [4.69, 9.17) is 15.2 Å². The van der Waals surface area contributed by atoms with Crippen molar-refractivity contribution in [3.8, 4) is 11.5 Å². The summed E-state index contributed by atoms with van der Waals surface area (Å²) in [5, 5.41) is 0. The van der Waals surface area contributed by atoms with E-state index < -0.39 is 0 Å². The molecule has 1 aromatic rings. The molecular weight excluding hydrogens is 220 g/mol. The zero-order valence-electron chi connectivity index (χ0n) is 9.81. The Bertz CT molecular complexity index is 420. The van der Waals surface area contributed by atoms with Crippen molar-refractivity contribution in [3.05, 3.63) is 18.2 Å². The summed E-state index contributed by atoms with van der Waals surface area (Å²) in [7, 11) is 1.81. The number of fused-ring (bicyclic) bond motifs is 1. The molecule has 0 fully saturated rings. The van der Waals surface area contributed by atoms with E-state index in [1.165, 1.54) is 0 Å². The van der Waals surface area contributed by atoms with Gasteiger partial charge in [0.05, 0.1) is 19.8 Å². The number of primary amides is 1. The molecule has 0 spiro atoms.